The van der Waals surface area contributed by atoms with Gasteiger partial charge in [-0.25, -0.2) is 4.98 Å². The fourth-order valence-corrected chi connectivity index (χ4v) is 3.76. The largest absolute Gasteiger partial charge is 0.340 e. The maximum absolute atomic E-state index is 12.9. The van der Waals surface area contributed by atoms with Crippen molar-refractivity contribution in [1.29, 1.82) is 0 Å². The quantitative estimate of drug-likeness (QED) is 0.891. The van der Waals surface area contributed by atoms with Crippen LogP contribution in [0.5, 0.6) is 0 Å². The summed E-state index contributed by atoms with van der Waals surface area (Å²) in [6.07, 6.45) is 12.3. The Labute approximate surface area is 153 Å². The summed E-state index contributed by atoms with van der Waals surface area (Å²) in [7, 11) is 0. The van der Waals surface area contributed by atoms with Crippen LogP contribution in [0.2, 0.25) is 0 Å². The molecule has 1 aliphatic heterocycles. The molecule has 5 nitrogen and oxygen atoms in total. The molecule has 1 aromatic heterocycles. The zero-order valence-electron chi connectivity index (χ0n) is 15.0. The van der Waals surface area contributed by atoms with Crippen LogP contribution in [0.25, 0.3) is 5.57 Å². The van der Waals surface area contributed by atoms with Crippen LogP contribution in [0.15, 0.2) is 48.7 Å². The van der Waals surface area contributed by atoms with Crippen LogP contribution < -0.4 is 10.6 Å². The molecule has 4 rings (SSSR count). The van der Waals surface area contributed by atoms with E-state index in [2.05, 4.69) is 34.3 Å². The molecular formula is C21H24N4O. The molecule has 2 aromatic rings. The Kier molecular flexibility index (Phi) is 4.47. The van der Waals surface area contributed by atoms with Gasteiger partial charge in [0.2, 0.25) is 5.91 Å². The second kappa shape index (κ2) is 6.92. The van der Waals surface area contributed by atoms with Crippen molar-refractivity contribution < 1.29 is 4.79 Å². The minimum atomic E-state index is -0.554. The molecule has 0 fully saturated rings. The Bertz CT molecular complexity index is 878. The van der Waals surface area contributed by atoms with Gasteiger partial charge in [0.1, 0.15) is 5.82 Å². The number of nitrogens with one attached hydrogen (secondary N) is 1. The number of fused-ring (bicyclic) bond motifs is 1. The lowest BCUT2D eigenvalue weighted by molar-refractivity contribution is -0.120. The van der Waals surface area contributed by atoms with Crippen molar-refractivity contribution in [3.63, 3.8) is 0 Å². The third-order valence-corrected chi connectivity index (χ3v) is 5.09. The molecular weight excluding hydrogens is 324 g/mol. The lowest BCUT2D eigenvalue weighted by atomic mass is 9.94. The maximum Gasteiger partial charge on any atom is 0.244 e. The SMILES string of the molecule is CC(N)C(=O)N1c2ccccc2CCC1c1ncc(C2=CCCC=C2)[nH]1. The topological polar surface area (TPSA) is 75.0 Å². The van der Waals surface area contributed by atoms with Gasteiger partial charge in [-0.05, 0) is 49.8 Å². The average molecular weight is 348 g/mol. The maximum atomic E-state index is 12.9. The normalized spacial score (nSPS) is 20.5. The first kappa shape index (κ1) is 16.8. The predicted octanol–water partition coefficient (Wildman–Crippen LogP) is 3.51. The summed E-state index contributed by atoms with van der Waals surface area (Å²) >= 11 is 0. The van der Waals surface area contributed by atoms with Crippen molar-refractivity contribution in [1.82, 2.24) is 9.97 Å². The molecule has 3 N–H and O–H groups in total. The van der Waals surface area contributed by atoms with Gasteiger partial charge in [-0.3, -0.25) is 4.79 Å². The number of anilines is 1. The summed E-state index contributed by atoms with van der Waals surface area (Å²) < 4.78 is 0. The van der Waals surface area contributed by atoms with Gasteiger partial charge in [-0.15, -0.1) is 0 Å². The van der Waals surface area contributed by atoms with Gasteiger partial charge in [-0.1, -0.05) is 36.4 Å². The Morgan fingerprint density at radius 2 is 2.19 bits per heavy atom. The summed E-state index contributed by atoms with van der Waals surface area (Å²) in [6.45, 7) is 1.74. The summed E-state index contributed by atoms with van der Waals surface area (Å²) in [5.41, 5.74) is 10.2. The summed E-state index contributed by atoms with van der Waals surface area (Å²) in [6, 6.07) is 7.39. The molecule has 0 saturated heterocycles. The van der Waals surface area contributed by atoms with Crippen molar-refractivity contribution in [3.05, 3.63) is 65.8 Å². The van der Waals surface area contributed by atoms with Crippen molar-refractivity contribution >= 4 is 17.2 Å². The summed E-state index contributed by atoms with van der Waals surface area (Å²) in [4.78, 5) is 22.8. The average Bonchev–Trinajstić information content (AvgIpc) is 3.17. The number of para-hydroxylation sites is 1. The molecule has 1 aliphatic carbocycles. The highest BCUT2D eigenvalue weighted by atomic mass is 16.2. The van der Waals surface area contributed by atoms with Crippen LogP contribution in [0.1, 0.15) is 49.3 Å². The molecule has 1 amide bonds. The van der Waals surface area contributed by atoms with E-state index < -0.39 is 6.04 Å². The summed E-state index contributed by atoms with van der Waals surface area (Å²) in [5, 5.41) is 0. The predicted molar refractivity (Wildman–Crippen MR) is 104 cm³/mol. The molecule has 2 aliphatic rings. The van der Waals surface area contributed by atoms with Crippen LogP contribution >= 0.6 is 0 Å². The number of allylic oxidation sites excluding steroid dienone is 4. The number of nitrogens with zero attached hydrogens (tertiary/aromatic N) is 2. The van der Waals surface area contributed by atoms with Crippen molar-refractivity contribution in [3.8, 4) is 0 Å². The number of imidazole rings is 1. The fourth-order valence-electron chi connectivity index (χ4n) is 3.76. The minimum Gasteiger partial charge on any atom is -0.340 e. The van der Waals surface area contributed by atoms with Crippen LogP contribution in [-0.4, -0.2) is 21.9 Å². The van der Waals surface area contributed by atoms with Crippen LogP contribution in [0.3, 0.4) is 0 Å². The lowest BCUT2D eigenvalue weighted by Crippen LogP contribution is -2.46. The highest BCUT2D eigenvalue weighted by molar-refractivity contribution is 5.98. The monoisotopic (exact) mass is 348 g/mol. The molecule has 2 heterocycles. The van der Waals surface area contributed by atoms with E-state index in [0.29, 0.717) is 0 Å². The molecule has 0 radical (unpaired) electrons. The van der Waals surface area contributed by atoms with E-state index in [9.17, 15) is 4.79 Å². The number of aromatic amines is 1. The van der Waals surface area contributed by atoms with Gasteiger partial charge in [0.15, 0.2) is 0 Å². The second-order valence-corrected chi connectivity index (χ2v) is 7.00. The number of hydrogen-bond donors (Lipinski definition) is 2. The minimum absolute atomic E-state index is 0.0723. The van der Waals surface area contributed by atoms with Gasteiger partial charge < -0.3 is 15.6 Å². The molecule has 0 spiro atoms. The van der Waals surface area contributed by atoms with Gasteiger partial charge in [0.25, 0.3) is 0 Å². The second-order valence-electron chi connectivity index (χ2n) is 7.00. The summed E-state index contributed by atoms with van der Waals surface area (Å²) in [5.74, 6) is 0.750. The molecule has 134 valence electrons. The van der Waals surface area contributed by atoms with Crippen LogP contribution in [0.4, 0.5) is 5.69 Å². The number of carbonyl (C=O) groups is 1. The molecule has 0 bridgehead atoms. The molecule has 0 saturated carbocycles. The van der Waals surface area contributed by atoms with Crippen molar-refractivity contribution in [2.75, 3.05) is 4.90 Å². The van der Waals surface area contributed by atoms with E-state index in [4.69, 9.17) is 5.73 Å². The number of rotatable bonds is 3. The number of carbonyl (C=O) groups excluding carboxylic acids is 1. The number of benzene rings is 1. The zero-order valence-corrected chi connectivity index (χ0v) is 15.0. The Balaban J connectivity index is 1.71. The number of aromatic nitrogens is 2. The number of H-pyrrole nitrogens is 1. The third-order valence-electron chi connectivity index (χ3n) is 5.09. The van der Waals surface area contributed by atoms with Gasteiger partial charge in [0.05, 0.1) is 24.0 Å². The highest BCUT2D eigenvalue weighted by Gasteiger charge is 2.34. The van der Waals surface area contributed by atoms with E-state index in [1.807, 2.05) is 29.3 Å². The van der Waals surface area contributed by atoms with Crippen LogP contribution in [-0.2, 0) is 11.2 Å². The smallest absolute Gasteiger partial charge is 0.244 e. The van der Waals surface area contributed by atoms with E-state index >= 15 is 0 Å². The standard InChI is InChI=1S/C21H24N4O/c1-14(22)21(26)25-18-10-6-5-9-16(18)11-12-19(25)20-23-13-17(24-20)15-7-3-2-4-8-15/h3,5-10,13-14,19H,2,4,11-12,22H2,1H3,(H,23,24). The lowest BCUT2D eigenvalue weighted by Gasteiger charge is -2.37. The first-order valence-electron chi connectivity index (χ1n) is 9.23. The number of aryl methyl sites for hydroxylation is 1. The third kappa shape index (κ3) is 2.99. The van der Waals surface area contributed by atoms with Gasteiger partial charge in [-0.2, -0.15) is 0 Å². The van der Waals surface area contributed by atoms with Crippen molar-refractivity contribution in [2.45, 2.75) is 44.7 Å². The van der Waals surface area contributed by atoms with E-state index in [0.717, 1.165) is 48.5 Å². The first-order valence-corrected chi connectivity index (χ1v) is 9.23. The van der Waals surface area contributed by atoms with Gasteiger partial charge in [0, 0.05) is 5.69 Å². The highest BCUT2D eigenvalue weighted by Crippen LogP contribution is 2.38. The fraction of sp³-hybridized carbons (Fsp3) is 0.333. The Morgan fingerprint density at radius 1 is 1.35 bits per heavy atom. The van der Waals surface area contributed by atoms with E-state index in [-0.39, 0.29) is 11.9 Å². The zero-order chi connectivity index (χ0) is 18.1. The van der Waals surface area contributed by atoms with Gasteiger partial charge >= 0.3 is 0 Å². The number of nitrogens with two attached hydrogens (primary N) is 1. The van der Waals surface area contributed by atoms with E-state index in [1.165, 1.54) is 5.56 Å². The Morgan fingerprint density at radius 3 is 2.96 bits per heavy atom. The van der Waals surface area contributed by atoms with Crippen molar-refractivity contribution in [2.24, 2.45) is 5.73 Å². The number of hydrogen-bond acceptors (Lipinski definition) is 3. The molecule has 5 heteroatoms. The molecule has 2 atom stereocenters. The molecule has 2 unspecified atom stereocenters. The number of amides is 1. The first-order chi connectivity index (χ1) is 12.6. The molecule has 1 aromatic carbocycles. The Hall–Kier alpha value is -2.66. The van der Waals surface area contributed by atoms with E-state index in [1.54, 1.807) is 6.92 Å². The molecule has 26 heavy (non-hydrogen) atoms. The van der Waals surface area contributed by atoms with Crippen LogP contribution in [0, 0.1) is 0 Å².